The van der Waals surface area contributed by atoms with Crippen LogP contribution in [0, 0.1) is 5.41 Å². The number of carboxylic acids is 1. The first-order valence-corrected chi connectivity index (χ1v) is 10.9. The molecule has 1 aromatic heterocycles. The van der Waals surface area contributed by atoms with Gasteiger partial charge in [-0.05, 0) is 66.3 Å². The lowest BCUT2D eigenvalue weighted by Crippen LogP contribution is -2.33. The van der Waals surface area contributed by atoms with Gasteiger partial charge in [0.05, 0.1) is 11.4 Å². The summed E-state index contributed by atoms with van der Waals surface area (Å²) in [6.45, 7) is 6.68. The van der Waals surface area contributed by atoms with Crippen molar-refractivity contribution in [3.63, 3.8) is 0 Å². The zero-order valence-electron chi connectivity index (χ0n) is 18.7. The maximum atomic E-state index is 13.3. The molecule has 0 spiro atoms. The van der Waals surface area contributed by atoms with Crippen LogP contribution in [0.4, 0.5) is 14.5 Å². The molecule has 0 saturated carbocycles. The number of aromatic amines is 1. The average Bonchev–Trinajstić information content (AvgIpc) is 2.71. The van der Waals surface area contributed by atoms with E-state index in [0.717, 1.165) is 30.5 Å². The lowest BCUT2D eigenvalue weighted by molar-refractivity contribution is -0.0495. The Hall–Kier alpha value is -2.90. The standard InChI is InChI=1S/C24H28F2N2O4/c1-5-28-8-6-7-12-13-10-17(24(2,3)4)15-9-16(22(30)31)21(29)27-19(15)14(13)11-18(20(12)28)32-23(25)26/h9,11,17,23H,5-8,10H2,1-4H3,(H,27,29)(H,30,31)/t17-/m1/s1. The number of carboxylic acid groups (broad SMARTS) is 1. The highest BCUT2D eigenvalue weighted by Gasteiger charge is 2.38. The van der Waals surface area contributed by atoms with E-state index < -0.39 is 18.1 Å². The molecule has 0 bridgehead atoms. The summed E-state index contributed by atoms with van der Waals surface area (Å²) in [7, 11) is 0. The second-order valence-corrected chi connectivity index (χ2v) is 9.56. The van der Waals surface area contributed by atoms with Gasteiger partial charge in [0.1, 0.15) is 11.3 Å². The predicted octanol–water partition coefficient (Wildman–Crippen LogP) is 4.80. The van der Waals surface area contributed by atoms with Crippen LogP contribution in [0.1, 0.15) is 67.1 Å². The van der Waals surface area contributed by atoms with Gasteiger partial charge in [-0.1, -0.05) is 20.8 Å². The predicted molar refractivity (Wildman–Crippen MR) is 118 cm³/mol. The fraction of sp³-hybridized carbons (Fsp3) is 0.500. The summed E-state index contributed by atoms with van der Waals surface area (Å²) in [5.74, 6) is -1.25. The number of halogens is 2. The molecule has 0 saturated heterocycles. The number of anilines is 1. The molecule has 1 aliphatic heterocycles. The van der Waals surface area contributed by atoms with E-state index in [9.17, 15) is 23.5 Å². The molecule has 0 amide bonds. The maximum absolute atomic E-state index is 13.3. The number of aromatic nitrogens is 1. The minimum atomic E-state index is -2.98. The van der Waals surface area contributed by atoms with Crippen LogP contribution in [0.2, 0.25) is 0 Å². The molecule has 2 aromatic rings. The van der Waals surface area contributed by atoms with Crippen LogP contribution in [-0.2, 0) is 12.8 Å². The molecule has 0 radical (unpaired) electrons. The Labute approximate surface area is 185 Å². The van der Waals surface area contributed by atoms with Crippen molar-refractivity contribution in [2.45, 2.75) is 59.5 Å². The van der Waals surface area contributed by atoms with Gasteiger partial charge in [-0.15, -0.1) is 0 Å². The summed E-state index contributed by atoms with van der Waals surface area (Å²) in [4.78, 5) is 29.0. The number of rotatable bonds is 4. The Morgan fingerprint density at radius 3 is 2.62 bits per heavy atom. The molecule has 2 heterocycles. The molecule has 8 heteroatoms. The zero-order valence-corrected chi connectivity index (χ0v) is 18.7. The van der Waals surface area contributed by atoms with E-state index in [1.54, 1.807) is 6.07 Å². The normalized spacial score (nSPS) is 17.6. The third-order valence-corrected chi connectivity index (χ3v) is 6.65. The summed E-state index contributed by atoms with van der Waals surface area (Å²) < 4.78 is 31.6. The minimum absolute atomic E-state index is 0.0529. The Morgan fingerprint density at radius 1 is 1.31 bits per heavy atom. The number of nitrogens with one attached hydrogen (secondary N) is 1. The van der Waals surface area contributed by atoms with Crippen molar-refractivity contribution in [3.8, 4) is 17.0 Å². The molecule has 6 nitrogen and oxygen atoms in total. The van der Waals surface area contributed by atoms with Crippen molar-refractivity contribution >= 4 is 11.7 Å². The van der Waals surface area contributed by atoms with Crippen molar-refractivity contribution in [2.75, 3.05) is 18.0 Å². The molecule has 172 valence electrons. The topological polar surface area (TPSA) is 82.6 Å². The van der Waals surface area contributed by atoms with Crippen LogP contribution in [0.25, 0.3) is 11.3 Å². The van der Waals surface area contributed by atoms with Crippen molar-refractivity contribution in [1.82, 2.24) is 4.98 Å². The third-order valence-electron chi connectivity index (χ3n) is 6.65. The highest BCUT2D eigenvalue weighted by molar-refractivity contribution is 5.89. The Morgan fingerprint density at radius 2 is 2.03 bits per heavy atom. The molecule has 4 rings (SSSR count). The largest absolute Gasteiger partial charge is 0.477 e. The first kappa shape index (κ1) is 22.3. The number of benzene rings is 1. The molecular formula is C24H28F2N2O4. The third kappa shape index (κ3) is 3.65. The van der Waals surface area contributed by atoms with E-state index in [2.05, 4.69) is 30.7 Å². The number of alkyl halides is 2. The van der Waals surface area contributed by atoms with Crippen LogP contribution in [-0.4, -0.2) is 35.8 Å². The SMILES string of the molecule is CCN1CCCc2c3c(cc(OC(F)F)c21)-c1[nH]c(=O)c(C(=O)O)cc1[C@H](C(C)(C)C)C3. The van der Waals surface area contributed by atoms with E-state index in [4.69, 9.17) is 4.74 Å². The molecular weight excluding hydrogens is 418 g/mol. The summed E-state index contributed by atoms with van der Waals surface area (Å²) in [5.41, 5.74) is 3.32. The molecule has 1 atom stereocenters. The molecule has 2 aliphatic rings. The molecule has 1 aliphatic carbocycles. The fourth-order valence-electron chi connectivity index (χ4n) is 5.16. The van der Waals surface area contributed by atoms with Crippen LogP contribution < -0.4 is 15.2 Å². The molecule has 0 fully saturated rings. The monoisotopic (exact) mass is 446 g/mol. The highest BCUT2D eigenvalue weighted by Crippen LogP contribution is 2.52. The number of H-pyrrole nitrogens is 1. The maximum Gasteiger partial charge on any atom is 0.387 e. The zero-order chi connectivity index (χ0) is 23.4. The number of hydrogen-bond acceptors (Lipinski definition) is 4. The summed E-state index contributed by atoms with van der Waals surface area (Å²) >= 11 is 0. The van der Waals surface area contributed by atoms with Crippen molar-refractivity contribution in [3.05, 3.63) is 44.7 Å². The van der Waals surface area contributed by atoms with Crippen LogP contribution in [0.15, 0.2) is 16.9 Å². The Kier molecular flexibility index (Phi) is 5.51. The lowest BCUT2D eigenvalue weighted by atomic mass is 9.67. The Bertz CT molecular complexity index is 1130. The minimum Gasteiger partial charge on any atom is -0.477 e. The van der Waals surface area contributed by atoms with Crippen LogP contribution >= 0.6 is 0 Å². The van der Waals surface area contributed by atoms with Crippen molar-refractivity contribution in [1.29, 1.82) is 0 Å². The van der Waals surface area contributed by atoms with Crippen molar-refractivity contribution < 1.29 is 23.4 Å². The number of nitrogens with zero attached hydrogens (tertiary/aromatic N) is 1. The number of fused-ring (bicyclic) bond motifs is 5. The highest BCUT2D eigenvalue weighted by atomic mass is 19.3. The van der Waals surface area contributed by atoms with Gasteiger partial charge < -0.3 is 19.7 Å². The second-order valence-electron chi connectivity index (χ2n) is 9.56. The first-order chi connectivity index (χ1) is 15.0. The van der Waals surface area contributed by atoms with E-state index >= 15 is 0 Å². The molecule has 2 N–H and O–H groups in total. The lowest BCUT2D eigenvalue weighted by Gasteiger charge is -2.40. The molecule has 0 unspecified atom stereocenters. The number of carbonyl (C=O) groups is 1. The average molecular weight is 446 g/mol. The molecule has 1 aromatic carbocycles. The van der Waals surface area contributed by atoms with Crippen molar-refractivity contribution in [2.24, 2.45) is 5.41 Å². The van der Waals surface area contributed by atoms with E-state index in [1.807, 2.05) is 6.92 Å². The van der Waals surface area contributed by atoms with E-state index in [1.165, 1.54) is 6.07 Å². The summed E-state index contributed by atoms with van der Waals surface area (Å²) in [6, 6.07) is 3.03. The Balaban J connectivity index is 2.05. The molecule has 32 heavy (non-hydrogen) atoms. The van der Waals surface area contributed by atoms with Gasteiger partial charge >= 0.3 is 12.6 Å². The van der Waals surface area contributed by atoms with E-state index in [-0.39, 0.29) is 22.6 Å². The number of hydrogen-bond donors (Lipinski definition) is 2. The van der Waals surface area contributed by atoms with Gasteiger partial charge in [0.25, 0.3) is 5.56 Å². The van der Waals surface area contributed by atoms with Gasteiger partial charge in [0, 0.05) is 18.7 Å². The van der Waals surface area contributed by atoms with E-state index in [0.29, 0.717) is 35.5 Å². The van der Waals surface area contributed by atoms with Gasteiger partial charge in [-0.2, -0.15) is 8.78 Å². The van der Waals surface area contributed by atoms with Gasteiger partial charge in [0.2, 0.25) is 0 Å². The quantitative estimate of drug-likeness (QED) is 0.705. The number of pyridine rings is 1. The summed E-state index contributed by atoms with van der Waals surface area (Å²) in [6.07, 6.45) is 2.26. The number of ether oxygens (including phenoxy) is 1. The fourth-order valence-corrected chi connectivity index (χ4v) is 5.16. The number of aromatic carboxylic acids is 1. The van der Waals surface area contributed by atoms with Gasteiger partial charge in [-0.3, -0.25) is 4.79 Å². The van der Waals surface area contributed by atoms with Crippen LogP contribution in [0.5, 0.6) is 5.75 Å². The second kappa shape index (κ2) is 7.90. The first-order valence-electron chi connectivity index (χ1n) is 10.9. The van der Waals surface area contributed by atoms with Gasteiger partial charge in [-0.25, -0.2) is 4.79 Å². The van der Waals surface area contributed by atoms with Gasteiger partial charge in [0.15, 0.2) is 0 Å². The summed E-state index contributed by atoms with van der Waals surface area (Å²) in [5, 5.41) is 9.48. The van der Waals surface area contributed by atoms with Crippen LogP contribution in [0.3, 0.4) is 0 Å². The smallest absolute Gasteiger partial charge is 0.387 e.